The molecule has 1 aromatic carbocycles. The molecule has 2 N–H and O–H groups in total. The zero-order valence-corrected chi connectivity index (χ0v) is 12.1. The fourth-order valence-electron chi connectivity index (χ4n) is 1.37. The molecule has 0 saturated heterocycles. The van der Waals surface area contributed by atoms with E-state index in [-0.39, 0.29) is 23.6 Å². The molecule has 1 atom stereocenters. The number of carbonyl (C=O) groups is 2. The number of anilines is 1. The molecule has 0 fully saturated rings. The van der Waals surface area contributed by atoms with E-state index < -0.39 is 0 Å². The third-order valence-electron chi connectivity index (χ3n) is 2.54. The van der Waals surface area contributed by atoms with Gasteiger partial charge in [-0.3, -0.25) is 9.59 Å². The molecule has 0 aromatic heterocycles. The summed E-state index contributed by atoms with van der Waals surface area (Å²) >= 11 is 1.32. The van der Waals surface area contributed by atoms with Gasteiger partial charge < -0.3 is 10.6 Å². The van der Waals surface area contributed by atoms with Crippen LogP contribution in [0.4, 0.5) is 5.69 Å². The van der Waals surface area contributed by atoms with Gasteiger partial charge in [0, 0.05) is 11.7 Å². The Morgan fingerprint density at radius 1 is 1.16 bits per heavy atom. The lowest BCUT2D eigenvalue weighted by Crippen LogP contribution is -2.33. The van der Waals surface area contributed by atoms with Gasteiger partial charge in [-0.05, 0) is 25.5 Å². The third kappa shape index (κ3) is 6.86. The molecular formula is C14H20N2O2S. The Morgan fingerprint density at radius 2 is 1.79 bits per heavy atom. The van der Waals surface area contributed by atoms with Crippen LogP contribution in [-0.2, 0) is 9.59 Å². The largest absolute Gasteiger partial charge is 0.353 e. The third-order valence-corrected chi connectivity index (χ3v) is 3.48. The first kappa shape index (κ1) is 15.6. The van der Waals surface area contributed by atoms with E-state index in [1.54, 1.807) is 0 Å². The Hall–Kier alpha value is -1.49. The Morgan fingerprint density at radius 3 is 2.42 bits per heavy atom. The lowest BCUT2D eigenvalue weighted by atomic mass is 10.3. The van der Waals surface area contributed by atoms with Gasteiger partial charge in [-0.25, -0.2) is 0 Å². The molecule has 4 nitrogen and oxygen atoms in total. The van der Waals surface area contributed by atoms with Crippen LogP contribution in [0.2, 0.25) is 0 Å². The Labute approximate surface area is 118 Å². The van der Waals surface area contributed by atoms with Crippen LogP contribution in [0.25, 0.3) is 0 Å². The Bertz CT molecular complexity index is 409. The van der Waals surface area contributed by atoms with Crippen molar-refractivity contribution >= 4 is 29.3 Å². The second-order valence-corrected chi connectivity index (χ2v) is 5.27. The van der Waals surface area contributed by atoms with Gasteiger partial charge in [0.2, 0.25) is 11.8 Å². The number of hydrogen-bond acceptors (Lipinski definition) is 3. The second-order valence-electron chi connectivity index (χ2n) is 4.28. The van der Waals surface area contributed by atoms with Gasteiger partial charge in [-0.2, -0.15) is 0 Å². The molecule has 0 heterocycles. The Balaban J connectivity index is 2.19. The fourth-order valence-corrected chi connectivity index (χ4v) is 2.00. The van der Waals surface area contributed by atoms with Gasteiger partial charge in [0.1, 0.15) is 0 Å². The Kier molecular flexibility index (Phi) is 7.03. The smallest absolute Gasteiger partial charge is 0.234 e. The van der Waals surface area contributed by atoms with E-state index in [0.717, 1.165) is 12.1 Å². The highest BCUT2D eigenvalue weighted by molar-refractivity contribution is 8.00. The second kappa shape index (κ2) is 8.58. The zero-order chi connectivity index (χ0) is 14.1. The van der Waals surface area contributed by atoms with Gasteiger partial charge in [-0.15, -0.1) is 11.8 Å². The molecule has 0 saturated carbocycles. The minimum absolute atomic E-state index is 0.0214. The van der Waals surface area contributed by atoms with Crippen molar-refractivity contribution in [2.24, 2.45) is 0 Å². The minimum Gasteiger partial charge on any atom is -0.353 e. The molecule has 104 valence electrons. The summed E-state index contributed by atoms with van der Waals surface area (Å²) in [5.41, 5.74) is 0.775. The van der Waals surface area contributed by atoms with Crippen LogP contribution in [0.3, 0.4) is 0 Å². The molecule has 19 heavy (non-hydrogen) atoms. The first-order valence-electron chi connectivity index (χ1n) is 6.33. The van der Waals surface area contributed by atoms with Gasteiger partial charge >= 0.3 is 0 Å². The number of thioether (sulfide) groups is 1. The number of rotatable bonds is 7. The molecular weight excluding hydrogens is 260 g/mol. The van der Waals surface area contributed by atoms with E-state index in [4.69, 9.17) is 0 Å². The van der Waals surface area contributed by atoms with Crippen molar-refractivity contribution in [3.8, 4) is 0 Å². The van der Waals surface area contributed by atoms with Crippen LogP contribution in [0, 0.1) is 0 Å². The summed E-state index contributed by atoms with van der Waals surface area (Å²) in [5, 5.41) is 5.64. The lowest BCUT2D eigenvalue weighted by Gasteiger charge is -2.10. The van der Waals surface area contributed by atoms with Crippen molar-refractivity contribution in [2.45, 2.75) is 26.3 Å². The van der Waals surface area contributed by atoms with E-state index in [0.29, 0.717) is 5.75 Å². The summed E-state index contributed by atoms with van der Waals surface area (Å²) in [6.45, 7) is 3.98. The molecule has 1 aromatic rings. The molecule has 1 unspecified atom stereocenters. The monoisotopic (exact) mass is 280 g/mol. The van der Waals surface area contributed by atoms with Gasteiger partial charge in [0.15, 0.2) is 0 Å². The molecule has 5 heteroatoms. The van der Waals surface area contributed by atoms with Crippen LogP contribution in [0.5, 0.6) is 0 Å². The van der Waals surface area contributed by atoms with E-state index in [1.807, 2.05) is 44.2 Å². The molecule has 0 aliphatic heterocycles. The van der Waals surface area contributed by atoms with Crippen molar-refractivity contribution in [2.75, 3.05) is 16.8 Å². The molecule has 0 aliphatic carbocycles. The number of carbonyl (C=O) groups excluding carboxylic acids is 2. The average molecular weight is 280 g/mol. The summed E-state index contributed by atoms with van der Waals surface area (Å²) in [4.78, 5) is 23.1. The highest BCUT2D eigenvalue weighted by atomic mass is 32.2. The highest BCUT2D eigenvalue weighted by Gasteiger charge is 2.07. The van der Waals surface area contributed by atoms with Crippen molar-refractivity contribution in [1.82, 2.24) is 5.32 Å². The summed E-state index contributed by atoms with van der Waals surface area (Å²) in [5.74, 6) is 0.481. The van der Waals surface area contributed by atoms with Gasteiger partial charge in [0.05, 0.1) is 11.5 Å². The molecule has 0 bridgehead atoms. The lowest BCUT2D eigenvalue weighted by molar-refractivity contribution is -0.119. The van der Waals surface area contributed by atoms with Crippen molar-refractivity contribution < 1.29 is 9.59 Å². The average Bonchev–Trinajstić information content (AvgIpc) is 2.39. The molecule has 1 rings (SSSR count). The maximum Gasteiger partial charge on any atom is 0.234 e. The van der Waals surface area contributed by atoms with Crippen LogP contribution in [0.15, 0.2) is 30.3 Å². The molecule has 0 aliphatic rings. The normalized spacial score (nSPS) is 11.7. The summed E-state index contributed by atoms with van der Waals surface area (Å²) in [6, 6.07) is 9.47. The maximum atomic E-state index is 11.6. The first-order valence-corrected chi connectivity index (χ1v) is 7.49. The molecule has 2 amide bonds. The van der Waals surface area contributed by atoms with Crippen LogP contribution >= 0.6 is 11.8 Å². The molecule has 0 spiro atoms. The van der Waals surface area contributed by atoms with Crippen molar-refractivity contribution in [3.63, 3.8) is 0 Å². The van der Waals surface area contributed by atoms with Crippen LogP contribution in [0.1, 0.15) is 20.3 Å². The highest BCUT2D eigenvalue weighted by Crippen LogP contribution is 2.07. The summed E-state index contributed by atoms with van der Waals surface area (Å²) in [6.07, 6.45) is 0.908. The zero-order valence-electron chi connectivity index (χ0n) is 11.3. The van der Waals surface area contributed by atoms with E-state index >= 15 is 0 Å². The van der Waals surface area contributed by atoms with Crippen LogP contribution < -0.4 is 10.6 Å². The summed E-state index contributed by atoms with van der Waals surface area (Å²) < 4.78 is 0. The van der Waals surface area contributed by atoms with Gasteiger partial charge in [0.25, 0.3) is 0 Å². The van der Waals surface area contributed by atoms with E-state index in [9.17, 15) is 9.59 Å². The minimum atomic E-state index is -0.0902. The van der Waals surface area contributed by atoms with Crippen molar-refractivity contribution in [3.05, 3.63) is 30.3 Å². The molecule has 0 radical (unpaired) electrons. The predicted molar refractivity (Wildman–Crippen MR) is 80.3 cm³/mol. The van der Waals surface area contributed by atoms with Crippen LogP contribution in [-0.4, -0.2) is 29.4 Å². The predicted octanol–water partition coefficient (Wildman–Crippen LogP) is 2.27. The quantitative estimate of drug-likeness (QED) is 0.805. The number of amides is 2. The SMILES string of the molecule is CCC(C)NC(=O)CSCC(=O)Nc1ccccc1. The fraction of sp³-hybridized carbons (Fsp3) is 0.429. The van der Waals surface area contributed by atoms with Crippen molar-refractivity contribution in [1.29, 1.82) is 0 Å². The number of para-hydroxylation sites is 1. The number of benzene rings is 1. The van der Waals surface area contributed by atoms with Gasteiger partial charge in [-0.1, -0.05) is 25.1 Å². The standard InChI is InChI=1S/C14H20N2O2S/c1-3-11(2)15-13(17)9-19-10-14(18)16-12-7-5-4-6-8-12/h4-8,11H,3,9-10H2,1-2H3,(H,15,17)(H,16,18). The topological polar surface area (TPSA) is 58.2 Å². The first-order chi connectivity index (χ1) is 9.11. The van der Waals surface area contributed by atoms with E-state index in [1.165, 1.54) is 11.8 Å². The maximum absolute atomic E-state index is 11.6. The summed E-state index contributed by atoms with van der Waals surface area (Å²) in [7, 11) is 0. The van der Waals surface area contributed by atoms with E-state index in [2.05, 4.69) is 10.6 Å². The number of nitrogens with one attached hydrogen (secondary N) is 2. The number of hydrogen-bond donors (Lipinski definition) is 2.